The molecule has 6 nitrogen and oxygen atoms in total. The van der Waals surface area contributed by atoms with Crippen molar-refractivity contribution in [3.8, 4) is 11.1 Å². The van der Waals surface area contributed by atoms with Crippen molar-refractivity contribution < 1.29 is 17.6 Å². The summed E-state index contributed by atoms with van der Waals surface area (Å²) >= 11 is 0. The highest BCUT2D eigenvalue weighted by Gasteiger charge is 2.25. The van der Waals surface area contributed by atoms with E-state index in [1.54, 1.807) is 43.3 Å². The van der Waals surface area contributed by atoms with Crippen molar-refractivity contribution in [2.75, 3.05) is 0 Å². The molecule has 0 aliphatic heterocycles. The summed E-state index contributed by atoms with van der Waals surface area (Å²) in [7, 11) is -3.88. The normalized spacial score (nSPS) is 13.8. The summed E-state index contributed by atoms with van der Waals surface area (Å²) in [6.07, 6.45) is 6.41. The maximum Gasteiger partial charge on any atom is 0.283 e. The minimum absolute atomic E-state index is 0.169. The Balaban J connectivity index is 1.48. The van der Waals surface area contributed by atoms with E-state index in [1.165, 1.54) is 12.3 Å². The van der Waals surface area contributed by atoms with Crippen LogP contribution >= 0.6 is 0 Å². The standard InChI is InChI=1S/C28H28FN3O3S/c1-3-4-5-19-6-11-24(12-7-19)36(34,35)32-27-13-8-20(14-22(27)17-30-32)25-15-21(16-26(29)18(25)2)28(33)31-23-9-10-23/h6-8,11-17,23H,3-5,9-10H2,1-2H3,(H,31,33). The van der Waals surface area contributed by atoms with Gasteiger partial charge in [-0.25, -0.2) is 4.39 Å². The molecule has 8 heteroatoms. The highest BCUT2D eigenvalue weighted by atomic mass is 32.2. The van der Waals surface area contributed by atoms with Gasteiger partial charge in [0.25, 0.3) is 15.9 Å². The highest BCUT2D eigenvalue weighted by Crippen LogP contribution is 2.31. The lowest BCUT2D eigenvalue weighted by molar-refractivity contribution is 0.0950. The van der Waals surface area contributed by atoms with E-state index in [9.17, 15) is 17.6 Å². The van der Waals surface area contributed by atoms with Crippen molar-refractivity contribution in [1.82, 2.24) is 14.5 Å². The number of amides is 1. The molecule has 1 saturated carbocycles. The zero-order chi connectivity index (χ0) is 25.4. The molecule has 36 heavy (non-hydrogen) atoms. The molecule has 1 fully saturated rings. The number of fused-ring (bicyclic) bond motifs is 1. The summed E-state index contributed by atoms with van der Waals surface area (Å²) in [5.74, 6) is -0.757. The molecule has 0 spiro atoms. The van der Waals surface area contributed by atoms with Crippen LogP contribution in [0.15, 0.2) is 65.7 Å². The van der Waals surface area contributed by atoms with Crippen molar-refractivity contribution >= 4 is 26.8 Å². The second-order valence-electron chi connectivity index (χ2n) is 9.39. The third-order valence-corrected chi connectivity index (χ3v) is 8.25. The van der Waals surface area contributed by atoms with E-state index in [2.05, 4.69) is 17.3 Å². The molecule has 4 aromatic rings. The van der Waals surface area contributed by atoms with Gasteiger partial charge in [-0.3, -0.25) is 4.79 Å². The number of rotatable bonds is 8. The van der Waals surface area contributed by atoms with Gasteiger partial charge in [-0.05, 0) is 91.3 Å². The van der Waals surface area contributed by atoms with Gasteiger partial charge in [0.15, 0.2) is 0 Å². The lowest BCUT2D eigenvalue weighted by Crippen LogP contribution is -2.25. The van der Waals surface area contributed by atoms with Gasteiger partial charge >= 0.3 is 0 Å². The van der Waals surface area contributed by atoms with Crippen LogP contribution in [0.2, 0.25) is 0 Å². The number of benzene rings is 3. The van der Waals surface area contributed by atoms with Crippen LogP contribution in [0, 0.1) is 12.7 Å². The van der Waals surface area contributed by atoms with Gasteiger partial charge in [0.2, 0.25) is 0 Å². The van der Waals surface area contributed by atoms with Gasteiger partial charge in [0.05, 0.1) is 16.6 Å². The Labute approximate surface area is 210 Å². The van der Waals surface area contributed by atoms with Crippen molar-refractivity contribution in [2.24, 2.45) is 0 Å². The van der Waals surface area contributed by atoms with Gasteiger partial charge < -0.3 is 5.32 Å². The van der Waals surface area contributed by atoms with Gasteiger partial charge in [0.1, 0.15) is 5.82 Å². The molecule has 3 aromatic carbocycles. The Morgan fingerprint density at radius 2 is 1.86 bits per heavy atom. The summed E-state index contributed by atoms with van der Waals surface area (Å²) in [5.41, 5.74) is 3.46. The molecule has 1 aliphatic rings. The number of aryl methyl sites for hydroxylation is 1. The molecule has 1 aromatic heterocycles. The van der Waals surface area contributed by atoms with Gasteiger partial charge in [-0.1, -0.05) is 31.5 Å². The first kappa shape index (κ1) is 24.2. The minimum Gasteiger partial charge on any atom is -0.349 e. The van der Waals surface area contributed by atoms with Crippen molar-refractivity contribution in [3.05, 3.63) is 83.3 Å². The highest BCUT2D eigenvalue weighted by molar-refractivity contribution is 7.90. The zero-order valence-corrected chi connectivity index (χ0v) is 21.1. The minimum atomic E-state index is -3.88. The summed E-state index contributed by atoms with van der Waals surface area (Å²) < 4.78 is 42.4. The molecule has 0 unspecified atom stereocenters. The Morgan fingerprint density at radius 1 is 1.11 bits per heavy atom. The first-order valence-corrected chi connectivity index (χ1v) is 13.7. The van der Waals surface area contributed by atoms with Crippen LogP contribution < -0.4 is 5.32 Å². The summed E-state index contributed by atoms with van der Waals surface area (Å²) in [4.78, 5) is 12.7. The fourth-order valence-electron chi connectivity index (χ4n) is 4.28. The largest absolute Gasteiger partial charge is 0.349 e. The van der Waals surface area contributed by atoms with E-state index in [0.717, 1.165) is 41.8 Å². The number of nitrogens with one attached hydrogen (secondary N) is 1. The van der Waals surface area contributed by atoms with Gasteiger partial charge in [-0.15, -0.1) is 0 Å². The summed E-state index contributed by atoms with van der Waals surface area (Å²) in [6.45, 7) is 3.78. The number of halogens is 1. The monoisotopic (exact) mass is 505 g/mol. The molecule has 0 bridgehead atoms. The fourth-order valence-corrected chi connectivity index (χ4v) is 5.56. The number of carbonyl (C=O) groups is 1. The molecule has 5 rings (SSSR count). The number of hydrogen-bond acceptors (Lipinski definition) is 4. The van der Waals surface area contributed by atoms with Crippen LogP contribution in [0.4, 0.5) is 4.39 Å². The Bertz CT molecular complexity index is 1560. The van der Waals surface area contributed by atoms with Crippen molar-refractivity contribution in [3.63, 3.8) is 0 Å². The third kappa shape index (κ3) is 4.65. The third-order valence-electron chi connectivity index (χ3n) is 6.63. The van der Waals surface area contributed by atoms with E-state index < -0.39 is 15.8 Å². The van der Waals surface area contributed by atoms with Crippen molar-refractivity contribution in [1.29, 1.82) is 0 Å². The van der Waals surface area contributed by atoms with Crippen LogP contribution in [-0.2, 0) is 16.4 Å². The van der Waals surface area contributed by atoms with E-state index in [4.69, 9.17) is 0 Å². The Kier molecular flexibility index (Phi) is 6.38. The quantitative estimate of drug-likeness (QED) is 0.337. The molecule has 186 valence electrons. The lowest BCUT2D eigenvalue weighted by Gasteiger charge is -2.12. The van der Waals surface area contributed by atoms with Crippen LogP contribution in [0.3, 0.4) is 0 Å². The van der Waals surface area contributed by atoms with E-state index in [1.807, 2.05) is 12.1 Å². The zero-order valence-electron chi connectivity index (χ0n) is 20.3. The SMILES string of the molecule is CCCCc1ccc(S(=O)(=O)n2ncc3cc(-c4cc(C(=O)NC5CC5)cc(F)c4C)ccc32)cc1. The molecule has 1 N–H and O–H groups in total. The molecule has 1 amide bonds. The maximum absolute atomic E-state index is 14.7. The second kappa shape index (κ2) is 9.50. The molecular formula is C28H28FN3O3S. The number of nitrogens with zero attached hydrogens (tertiary/aromatic N) is 2. The Morgan fingerprint density at radius 3 is 2.56 bits per heavy atom. The molecule has 1 heterocycles. The average Bonchev–Trinajstić information content (AvgIpc) is 3.58. The first-order chi connectivity index (χ1) is 17.3. The van der Waals surface area contributed by atoms with Crippen molar-refractivity contribution in [2.45, 2.75) is 56.9 Å². The molecule has 0 saturated heterocycles. The molecule has 1 aliphatic carbocycles. The summed E-state index contributed by atoms with van der Waals surface area (Å²) in [5, 5.41) is 7.65. The number of unbranched alkanes of at least 4 members (excludes halogenated alkanes) is 1. The van der Waals surface area contributed by atoms with Crippen LogP contribution in [0.5, 0.6) is 0 Å². The number of hydrogen-bond donors (Lipinski definition) is 1. The van der Waals surface area contributed by atoms with Crippen LogP contribution in [0.25, 0.3) is 22.0 Å². The van der Waals surface area contributed by atoms with Gasteiger partial charge in [-0.2, -0.15) is 17.6 Å². The molecular weight excluding hydrogens is 477 g/mol. The predicted molar refractivity (Wildman–Crippen MR) is 138 cm³/mol. The predicted octanol–water partition coefficient (Wildman–Crippen LogP) is 5.62. The van der Waals surface area contributed by atoms with Crippen LogP contribution in [0.1, 0.15) is 54.1 Å². The number of carbonyl (C=O) groups excluding carboxylic acids is 1. The smallest absolute Gasteiger partial charge is 0.283 e. The number of aromatic nitrogens is 2. The fraction of sp³-hybridized carbons (Fsp3) is 0.286. The first-order valence-electron chi connectivity index (χ1n) is 12.2. The molecule has 0 radical (unpaired) electrons. The van der Waals surface area contributed by atoms with E-state index in [0.29, 0.717) is 27.6 Å². The van der Waals surface area contributed by atoms with Gasteiger partial charge in [0, 0.05) is 17.0 Å². The Hall–Kier alpha value is -3.52. The topological polar surface area (TPSA) is 81.1 Å². The van der Waals surface area contributed by atoms with E-state index >= 15 is 0 Å². The lowest BCUT2D eigenvalue weighted by atomic mass is 9.96. The van der Waals surface area contributed by atoms with E-state index in [-0.39, 0.29) is 22.4 Å². The average molecular weight is 506 g/mol. The summed E-state index contributed by atoms with van der Waals surface area (Å²) in [6, 6.07) is 15.2. The van der Waals surface area contributed by atoms with Crippen LogP contribution in [-0.4, -0.2) is 29.6 Å². The maximum atomic E-state index is 14.7. The molecule has 0 atom stereocenters. The second-order valence-corrected chi connectivity index (χ2v) is 11.2.